The van der Waals surface area contributed by atoms with Crippen LogP contribution in [-0.2, 0) is 29.4 Å². The molecule has 0 N–H and O–H groups in total. The minimum absolute atomic E-state index is 0.212. The Morgan fingerprint density at radius 1 is 0.938 bits per heavy atom. The normalized spacial score (nSPS) is 18.8. The maximum atomic E-state index is 12.9. The van der Waals surface area contributed by atoms with Gasteiger partial charge in [-0.15, -0.1) is 0 Å². The summed E-state index contributed by atoms with van der Waals surface area (Å²) in [6.07, 6.45) is 6.36. The average molecular weight is 455 g/mol. The zero-order chi connectivity index (χ0) is 22.6. The van der Waals surface area contributed by atoms with Gasteiger partial charge in [-0.05, 0) is 60.8 Å². The van der Waals surface area contributed by atoms with Crippen LogP contribution in [-0.4, -0.2) is 55.8 Å². The molecular weight excluding hydrogens is 420 g/mol. The number of hydrogen-bond acceptors (Lipinski definition) is 4. The largest absolute Gasteiger partial charge is 0.298 e. The van der Waals surface area contributed by atoms with E-state index in [9.17, 15) is 13.2 Å². The molecule has 2 aromatic rings. The van der Waals surface area contributed by atoms with Crippen LogP contribution < -0.4 is 0 Å². The Hall–Kier alpha value is -2.02. The number of hydrogen-bond donors (Lipinski definition) is 0. The van der Waals surface area contributed by atoms with Gasteiger partial charge in [-0.3, -0.25) is 9.69 Å². The van der Waals surface area contributed by atoms with Gasteiger partial charge in [-0.1, -0.05) is 42.5 Å². The van der Waals surface area contributed by atoms with Crippen LogP contribution in [0.5, 0.6) is 0 Å². The van der Waals surface area contributed by atoms with Crippen LogP contribution >= 0.6 is 0 Å². The van der Waals surface area contributed by atoms with Gasteiger partial charge in [0.1, 0.15) is 0 Å². The van der Waals surface area contributed by atoms with E-state index in [1.807, 2.05) is 6.07 Å². The summed E-state index contributed by atoms with van der Waals surface area (Å²) in [6, 6.07) is 16.9. The SMILES string of the molecule is CS(=O)(=O)N1CCC(CCC(=O)c2ccc3c(c2)CCN(Cc2ccccc2)CC3)CC1. The summed E-state index contributed by atoms with van der Waals surface area (Å²) < 4.78 is 24.9. The number of benzene rings is 2. The monoisotopic (exact) mass is 454 g/mol. The molecule has 0 unspecified atom stereocenters. The van der Waals surface area contributed by atoms with E-state index in [0.717, 1.165) is 57.3 Å². The lowest BCUT2D eigenvalue weighted by Gasteiger charge is -2.30. The molecule has 0 spiro atoms. The van der Waals surface area contributed by atoms with Crippen molar-refractivity contribution in [2.45, 2.75) is 45.1 Å². The highest BCUT2D eigenvalue weighted by atomic mass is 32.2. The van der Waals surface area contributed by atoms with Crippen molar-refractivity contribution >= 4 is 15.8 Å². The molecule has 0 atom stereocenters. The number of Topliss-reactive ketones (excluding diaryl/α,β-unsaturated/α-hetero) is 1. The highest BCUT2D eigenvalue weighted by Gasteiger charge is 2.25. The third-order valence-corrected chi connectivity index (χ3v) is 8.30. The van der Waals surface area contributed by atoms with Gasteiger partial charge < -0.3 is 0 Å². The number of carbonyl (C=O) groups is 1. The quantitative estimate of drug-likeness (QED) is 0.595. The molecule has 2 aromatic carbocycles. The summed E-state index contributed by atoms with van der Waals surface area (Å²) in [7, 11) is -3.09. The average Bonchev–Trinajstić information content (AvgIpc) is 3.00. The van der Waals surface area contributed by atoms with E-state index in [-0.39, 0.29) is 5.78 Å². The third-order valence-electron chi connectivity index (χ3n) is 6.99. The molecule has 2 heterocycles. The maximum Gasteiger partial charge on any atom is 0.211 e. The molecule has 0 saturated carbocycles. The lowest BCUT2D eigenvalue weighted by atomic mass is 9.90. The van der Waals surface area contributed by atoms with E-state index in [1.165, 1.54) is 22.9 Å². The van der Waals surface area contributed by atoms with E-state index in [1.54, 1.807) is 4.31 Å². The molecule has 0 aromatic heterocycles. The first-order chi connectivity index (χ1) is 15.4. The number of sulfonamides is 1. The Morgan fingerprint density at radius 2 is 1.62 bits per heavy atom. The van der Waals surface area contributed by atoms with Gasteiger partial charge in [0, 0.05) is 44.7 Å². The fourth-order valence-electron chi connectivity index (χ4n) is 4.95. The minimum Gasteiger partial charge on any atom is -0.298 e. The fraction of sp³-hybridized carbons (Fsp3) is 0.500. The van der Waals surface area contributed by atoms with Gasteiger partial charge in [-0.2, -0.15) is 0 Å². The standard InChI is InChI=1S/C26H34N2O3S/c1-32(30,31)28-17-11-21(12-18-28)7-10-26(29)25-9-8-23-13-15-27(16-14-24(23)19-25)20-22-5-3-2-4-6-22/h2-6,8-9,19,21H,7,10-18,20H2,1H3. The fourth-order valence-corrected chi connectivity index (χ4v) is 5.83. The summed E-state index contributed by atoms with van der Waals surface area (Å²) in [5, 5.41) is 0. The second-order valence-electron chi connectivity index (χ2n) is 9.31. The molecule has 0 bridgehead atoms. The summed E-state index contributed by atoms with van der Waals surface area (Å²) in [6.45, 7) is 4.19. The van der Waals surface area contributed by atoms with Gasteiger partial charge in [0.15, 0.2) is 5.78 Å². The maximum absolute atomic E-state index is 12.9. The van der Waals surface area contributed by atoms with Crippen molar-refractivity contribution in [3.63, 3.8) is 0 Å². The Balaban J connectivity index is 1.29. The van der Waals surface area contributed by atoms with Crippen LogP contribution in [0.25, 0.3) is 0 Å². The Kier molecular flexibility index (Phi) is 7.44. The molecule has 0 aliphatic carbocycles. The van der Waals surface area contributed by atoms with Crippen LogP contribution in [0.3, 0.4) is 0 Å². The molecular formula is C26H34N2O3S. The number of piperidine rings is 1. The van der Waals surface area contributed by atoms with E-state index >= 15 is 0 Å². The van der Waals surface area contributed by atoms with Crippen LogP contribution in [0.15, 0.2) is 48.5 Å². The molecule has 172 valence electrons. The molecule has 6 heteroatoms. The lowest BCUT2D eigenvalue weighted by Crippen LogP contribution is -2.37. The Morgan fingerprint density at radius 3 is 2.31 bits per heavy atom. The predicted molar refractivity (Wildman–Crippen MR) is 128 cm³/mol. The molecule has 4 rings (SSSR count). The third kappa shape index (κ3) is 6.06. The zero-order valence-corrected chi connectivity index (χ0v) is 19.8. The molecule has 0 radical (unpaired) electrons. The first-order valence-corrected chi connectivity index (χ1v) is 13.6. The van der Waals surface area contributed by atoms with E-state index in [0.29, 0.717) is 25.4 Å². The number of carbonyl (C=O) groups excluding carboxylic acids is 1. The molecule has 32 heavy (non-hydrogen) atoms. The van der Waals surface area contributed by atoms with Crippen molar-refractivity contribution in [2.75, 3.05) is 32.4 Å². The molecule has 1 fully saturated rings. The Labute approximate surface area is 192 Å². The lowest BCUT2D eigenvalue weighted by molar-refractivity contribution is 0.0968. The van der Waals surface area contributed by atoms with Crippen molar-refractivity contribution in [3.05, 3.63) is 70.8 Å². The number of fused-ring (bicyclic) bond motifs is 1. The topological polar surface area (TPSA) is 57.7 Å². The van der Waals surface area contributed by atoms with E-state index in [2.05, 4.69) is 47.4 Å². The molecule has 5 nitrogen and oxygen atoms in total. The van der Waals surface area contributed by atoms with E-state index < -0.39 is 10.0 Å². The second-order valence-corrected chi connectivity index (χ2v) is 11.3. The predicted octanol–water partition coefficient (Wildman–Crippen LogP) is 3.92. The summed E-state index contributed by atoms with van der Waals surface area (Å²) in [5.41, 5.74) is 4.85. The minimum atomic E-state index is -3.09. The van der Waals surface area contributed by atoms with Crippen molar-refractivity contribution < 1.29 is 13.2 Å². The molecule has 0 amide bonds. The van der Waals surface area contributed by atoms with Crippen LogP contribution in [0.4, 0.5) is 0 Å². The van der Waals surface area contributed by atoms with Crippen LogP contribution in [0, 0.1) is 5.92 Å². The van der Waals surface area contributed by atoms with Gasteiger partial charge in [0.2, 0.25) is 10.0 Å². The van der Waals surface area contributed by atoms with Gasteiger partial charge in [-0.25, -0.2) is 12.7 Å². The van der Waals surface area contributed by atoms with Crippen LogP contribution in [0.2, 0.25) is 0 Å². The van der Waals surface area contributed by atoms with Gasteiger partial charge in [0.05, 0.1) is 6.26 Å². The smallest absolute Gasteiger partial charge is 0.211 e. The van der Waals surface area contributed by atoms with Crippen molar-refractivity contribution in [1.82, 2.24) is 9.21 Å². The number of nitrogens with zero attached hydrogens (tertiary/aromatic N) is 2. The molecule has 2 aliphatic rings. The first kappa shape index (κ1) is 23.1. The second kappa shape index (κ2) is 10.3. The Bertz CT molecular complexity index is 1030. The van der Waals surface area contributed by atoms with Crippen molar-refractivity contribution in [3.8, 4) is 0 Å². The summed E-state index contributed by atoms with van der Waals surface area (Å²) >= 11 is 0. The summed E-state index contributed by atoms with van der Waals surface area (Å²) in [4.78, 5) is 15.4. The number of rotatable bonds is 7. The van der Waals surface area contributed by atoms with Gasteiger partial charge >= 0.3 is 0 Å². The molecule has 1 saturated heterocycles. The number of ketones is 1. The molecule has 2 aliphatic heterocycles. The zero-order valence-electron chi connectivity index (χ0n) is 19.0. The van der Waals surface area contributed by atoms with Crippen LogP contribution in [0.1, 0.15) is 52.7 Å². The highest BCUT2D eigenvalue weighted by molar-refractivity contribution is 7.88. The van der Waals surface area contributed by atoms with Crippen molar-refractivity contribution in [2.24, 2.45) is 5.92 Å². The van der Waals surface area contributed by atoms with Crippen molar-refractivity contribution in [1.29, 1.82) is 0 Å². The van der Waals surface area contributed by atoms with E-state index in [4.69, 9.17) is 0 Å². The first-order valence-electron chi connectivity index (χ1n) is 11.7. The summed E-state index contributed by atoms with van der Waals surface area (Å²) in [5.74, 6) is 0.646. The highest BCUT2D eigenvalue weighted by Crippen LogP contribution is 2.25. The van der Waals surface area contributed by atoms with Gasteiger partial charge in [0.25, 0.3) is 0 Å².